The van der Waals surface area contributed by atoms with Crippen LogP contribution in [0.1, 0.15) is 22.4 Å². The first-order chi connectivity index (χ1) is 14.6. The largest absolute Gasteiger partial charge is 0.290 e. The van der Waals surface area contributed by atoms with Crippen molar-refractivity contribution in [2.75, 3.05) is 0 Å². The Bertz CT molecular complexity index is 1100. The smallest absolute Gasteiger partial charge is 0.276 e. The number of benzene rings is 3. The van der Waals surface area contributed by atoms with Crippen molar-refractivity contribution in [3.05, 3.63) is 124 Å². The van der Waals surface area contributed by atoms with E-state index in [4.69, 9.17) is 0 Å². The highest BCUT2D eigenvalue weighted by molar-refractivity contribution is 5.33. The van der Waals surface area contributed by atoms with E-state index in [0.29, 0.717) is 6.54 Å². The van der Waals surface area contributed by atoms with Crippen molar-refractivity contribution in [2.45, 2.75) is 26.6 Å². The SMILES string of the molecule is Cc1c(CN(Cc2ccccc2)Cc2ccccc2)c(=O)n(-c2ccccc2)n1C. The minimum absolute atomic E-state index is 0.0484. The molecule has 0 bridgehead atoms. The first-order valence-corrected chi connectivity index (χ1v) is 10.3. The highest BCUT2D eigenvalue weighted by atomic mass is 16.1. The molecule has 4 aromatic rings. The second-order valence-electron chi connectivity index (χ2n) is 7.66. The molecule has 0 N–H and O–H groups in total. The molecule has 0 radical (unpaired) electrons. The maximum absolute atomic E-state index is 13.4. The molecule has 152 valence electrons. The molecule has 0 aliphatic carbocycles. The summed E-state index contributed by atoms with van der Waals surface area (Å²) >= 11 is 0. The number of hydrogen-bond donors (Lipinski definition) is 0. The number of hydrogen-bond acceptors (Lipinski definition) is 2. The first kappa shape index (κ1) is 19.9. The first-order valence-electron chi connectivity index (χ1n) is 10.3. The lowest BCUT2D eigenvalue weighted by molar-refractivity contribution is 0.246. The molecule has 0 amide bonds. The molecule has 4 heteroatoms. The van der Waals surface area contributed by atoms with Gasteiger partial charge < -0.3 is 0 Å². The van der Waals surface area contributed by atoms with Gasteiger partial charge in [0, 0.05) is 32.4 Å². The van der Waals surface area contributed by atoms with Crippen LogP contribution in [-0.2, 0) is 26.7 Å². The molecule has 0 atom stereocenters. The summed E-state index contributed by atoms with van der Waals surface area (Å²) in [4.78, 5) is 15.7. The molecule has 1 aromatic heterocycles. The van der Waals surface area contributed by atoms with Crippen molar-refractivity contribution in [3.63, 3.8) is 0 Å². The topological polar surface area (TPSA) is 30.2 Å². The standard InChI is InChI=1S/C26H27N3O/c1-21-25(26(30)29(27(21)2)24-16-10-5-11-17-24)20-28(18-22-12-6-3-7-13-22)19-23-14-8-4-9-15-23/h3-17H,18-20H2,1-2H3. The van der Waals surface area contributed by atoms with Gasteiger partial charge in [-0.15, -0.1) is 0 Å². The third kappa shape index (κ3) is 4.29. The molecule has 1 heterocycles. The van der Waals surface area contributed by atoms with Gasteiger partial charge in [0.2, 0.25) is 0 Å². The van der Waals surface area contributed by atoms with Crippen LogP contribution in [-0.4, -0.2) is 14.3 Å². The predicted molar refractivity (Wildman–Crippen MR) is 122 cm³/mol. The van der Waals surface area contributed by atoms with Crippen molar-refractivity contribution in [2.24, 2.45) is 7.05 Å². The highest BCUT2D eigenvalue weighted by Gasteiger charge is 2.19. The van der Waals surface area contributed by atoms with Crippen LogP contribution in [0.4, 0.5) is 0 Å². The van der Waals surface area contributed by atoms with Crippen LogP contribution in [0, 0.1) is 6.92 Å². The van der Waals surface area contributed by atoms with Gasteiger partial charge in [0.05, 0.1) is 11.3 Å². The summed E-state index contributed by atoms with van der Waals surface area (Å²) < 4.78 is 3.71. The number of para-hydroxylation sites is 1. The Kier molecular flexibility index (Phi) is 5.96. The molecular weight excluding hydrogens is 370 g/mol. The van der Waals surface area contributed by atoms with E-state index >= 15 is 0 Å². The Balaban J connectivity index is 1.68. The van der Waals surface area contributed by atoms with Crippen molar-refractivity contribution in [1.29, 1.82) is 0 Å². The van der Waals surface area contributed by atoms with Gasteiger partial charge in [-0.1, -0.05) is 78.9 Å². The van der Waals surface area contributed by atoms with Crippen LogP contribution in [0.25, 0.3) is 5.69 Å². The molecule has 0 saturated heterocycles. The third-order valence-electron chi connectivity index (χ3n) is 5.55. The lowest BCUT2D eigenvalue weighted by Crippen LogP contribution is -2.27. The molecule has 4 rings (SSSR count). The zero-order chi connectivity index (χ0) is 20.9. The monoisotopic (exact) mass is 397 g/mol. The molecule has 0 unspecified atom stereocenters. The van der Waals surface area contributed by atoms with Gasteiger partial charge in [-0.2, -0.15) is 0 Å². The zero-order valence-corrected chi connectivity index (χ0v) is 17.5. The Morgan fingerprint density at radius 3 is 1.67 bits per heavy atom. The Morgan fingerprint density at radius 1 is 0.700 bits per heavy atom. The van der Waals surface area contributed by atoms with Crippen LogP contribution in [0.2, 0.25) is 0 Å². The maximum atomic E-state index is 13.4. The van der Waals surface area contributed by atoms with Gasteiger partial charge in [-0.05, 0) is 30.2 Å². The molecule has 0 aliphatic heterocycles. The Labute approximate surface area is 177 Å². The van der Waals surface area contributed by atoms with Crippen LogP contribution in [0.15, 0.2) is 95.8 Å². The van der Waals surface area contributed by atoms with Gasteiger partial charge in [0.15, 0.2) is 0 Å². The van der Waals surface area contributed by atoms with E-state index in [2.05, 4.69) is 53.4 Å². The van der Waals surface area contributed by atoms with Gasteiger partial charge in [-0.25, -0.2) is 4.68 Å². The highest BCUT2D eigenvalue weighted by Crippen LogP contribution is 2.16. The third-order valence-corrected chi connectivity index (χ3v) is 5.55. The average Bonchev–Trinajstić information content (AvgIpc) is 2.99. The van der Waals surface area contributed by atoms with Gasteiger partial charge in [0.25, 0.3) is 5.56 Å². The summed E-state index contributed by atoms with van der Waals surface area (Å²) in [5.74, 6) is 0. The van der Waals surface area contributed by atoms with Crippen molar-refractivity contribution in [3.8, 4) is 5.69 Å². The predicted octanol–water partition coefficient (Wildman–Crippen LogP) is 4.69. The van der Waals surface area contributed by atoms with E-state index in [1.165, 1.54) is 11.1 Å². The van der Waals surface area contributed by atoms with Crippen LogP contribution in [0.3, 0.4) is 0 Å². The molecule has 0 saturated carbocycles. The molecule has 0 fully saturated rings. The molecule has 0 spiro atoms. The summed E-state index contributed by atoms with van der Waals surface area (Å²) in [6, 6.07) is 30.7. The summed E-state index contributed by atoms with van der Waals surface area (Å²) in [5.41, 5.74) is 5.25. The fourth-order valence-corrected chi connectivity index (χ4v) is 3.88. The van der Waals surface area contributed by atoms with Crippen molar-refractivity contribution in [1.82, 2.24) is 14.3 Å². The minimum atomic E-state index is 0.0484. The second kappa shape index (κ2) is 8.97. The van der Waals surface area contributed by atoms with Crippen molar-refractivity contribution < 1.29 is 0 Å². The van der Waals surface area contributed by atoms with E-state index < -0.39 is 0 Å². The molecule has 3 aromatic carbocycles. The normalized spacial score (nSPS) is 11.2. The summed E-state index contributed by atoms with van der Waals surface area (Å²) in [6.45, 7) is 4.20. The number of nitrogens with zero attached hydrogens (tertiary/aromatic N) is 3. The van der Waals surface area contributed by atoms with Gasteiger partial charge in [0.1, 0.15) is 0 Å². The lowest BCUT2D eigenvalue weighted by Gasteiger charge is -2.22. The fourth-order valence-electron chi connectivity index (χ4n) is 3.88. The van der Waals surface area contributed by atoms with Crippen LogP contribution < -0.4 is 5.56 Å². The van der Waals surface area contributed by atoms with Gasteiger partial charge in [-0.3, -0.25) is 14.4 Å². The van der Waals surface area contributed by atoms with Crippen LogP contribution >= 0.6 is 0 Å². The van der Waals surface area contributed by atoms with Gasteiger partial charge >= 0.3 is 0 Å². The average molecular weight is 398 g/mol. The van der Waals surface area contributed by atoms with Crippen LogP contribution in [0.5, 0.6) is 0 Å². The summed E-state index contributed by atoms with van der Waals surface area (Å²) in [5, 5.41) is 0. The molecular formula is C26H27N3O. The maximum Gasteiger partial charge on any atom is 0.276 e. The number of rotatable bonds is 7. The minimum Gasteiger partial charge on any atom is -0.290 e. The molecule has 30 heavy (non-hydrogen) atoms. The Morgan fingerprint density at radius 2 is 1.17 bits per heavy atom. The second-order valence-corrected chi connectivity index (χ2v) is 7.66. The lowest BCUT2D eigenvalue weighted by atomic mass is 10.1. The Hall–Kier alpha value is -3.37. The fraction of sp³-hybridized carbons (Fsp3) is 0.192. The van der Waals surface area contributed by atoms with E-state index in [1.807, 2.05) is 61.1 Å². The molecule has 0 aliphatic rings. The van der Waals surface area contributed by atoms with E-state index in [-0.39, 0.29) is 5.56 Å². The van der Waals surface area contributed by atoms with Crippen molar-refractivity contribution >= 4 is 0 Å². The molecule has 4 nitrogen and oxygen atoms in total. The van der Waals surface area contributed by atoms with E-state index in [0.717, 1.165) is 30.0 Å². The summed E-state index contributed by atoms with van der Waals surface area (Å²) in [6.07, 6.45) is 0. The van der Waals surface area contributed by atoms with E-state index in [9.17, 15) is 4.79 Å². The summed E-state index contributed by atoms with van der Waals surface area (Å²) in [7, 11) is 1.95. The zero-order valence-electron chi connectivity index (χ0n) is 17.5. The van der Waals surface area contributed by atoms with E-state index in [1.54, 1.807) is 4.68 Å². The quantitative estimate of drug-likeness (QED) is 0.453. The number of aromatic nitrogens is 2.